The maximum absolute atomic E-state index is 6.66. The minimum Gasteiger partial charge on any atom is -0.298 e. The van der Waals surface area contributed by atoms with E-state index in [2.05, 4.69) is 12.3 Å². The molecule has 1 nitrogen and oxygen atoms in total. The fourth-order valence-electron chi connectivity index (χ4n) is 0.471. The van der Waals surface area contributed by atoms with E-state index in [-0.39, 0.29) is 0 Å². The first-order valence-electron chi connectivity index (χ1n) is 2.33. The molecule has 0 bridgehead atoms. The highest BCUT2D eigenvalue weighted by Crippen LogP contribution is 1.90. The van der Waals surface area contributed by atoms with Crippen LogP contribution in [0.4, 0.5) is 0 Å². The molecule has 0 unspecified atom stereocenters. The van der Waals surface area contributed by atoms with Gasteiger partial charge in [-0.05, 0) is 6.07 Å². The van der Waals surface area contributed by atoms with Gasteiger partial charge in [0.25, 0.3) is 0 Å². The molecule has 0 saturated heterocycles. The molecule has 8 heavy (non-hydrogen) atoms. The van der Waals surface area contributed by atoms with E-state index in [4.69, 9.17) is 5.41 Å². The van der Waals surface area contributed by atoms with Crippen LogP contribution in [-0.2, 0) is 0 Å². The van der Waals surface area contributed by atoms with Crippen molar-refractivity contribution in [2.75, 3.05) is 0 Å². The van der Waals surface area contributed by atoms with E-state index in [1.807, 2.05) is 12.1 Å². The minimum atomic E-state index is 0.701. The van der Waals surface area contributed by atoms with Crippen molar-refractivity contribution in [2.45, 2.75) is 0 Å². The van der Waals surface area contributed by atoms with Crippen LogP contribution in [0.5, 0.6) is 0 Å². The lowest BCUT2D eigenvalue weighted by Crippen LogP contribution is -1.74. The van der Waals surface area contributed by atoms with Crippen LogP contribution in [-0.4, -0.2) is 6.21 Å². The molecule has 0 aromatic heterocycles. The summed E-state index contributed by atoms with van der Waals surface area (Å²) in [7, 11) is 0. The van der Waals surface area contributed by atoms with Crippen molar-refractivity contribution in [2.24, 2.45) is 0 Å². The predicted molar refractivity (Wildman–Crippen MR) is 32.1 cm³/mol. The van der Waals surface area contributed by atoms with E-state index in [0.717, 1.165) is 0 Å². The Morgan fingerprint density at radius 2 is 2.38 bits per heavy atom. The van der Waals surface area contributed by atoms with E-state index in [1.54, 1.807) is 12.1 Å². The van der Waals surface area contributed by atoms with Crippen LogP contribution in [0, 0.1) is 11.5 Å². The van der Waals surface area contributed by atoms with Gasteiger partial charge in [-0.3, -0.25) is 5.41 Å². The summed E-state index contributed by atoms with van der Waals surface area (Å²) in [6.45, 7) is 0. The molecular formula is C7H5N. The summed E-state index contributed by atoms with van der Waals surface area (Å²) in [5.41, 5.74) is 0.701. The molecule has 0 amide bonds. The van der Waals surface area contributed by atoms with Gasteiger partial charge in [-0.1, -0.05) is 24.3 Å². The highest BCUT2D eigenvalue weighted by atomic mass is 14.3. The molecule has 1 aromatic carbocycles. The van der Waals surface area contributed by atoms with Crippen molar-refractivity contribution in [3.8, 4) is 0 Å². The van der Waals surface area contributed by atoms with Crippen molar-refractivity contribution in [1.29, 1.82) is 5.41 Å². The number of rotatable bonds is 1. The lowest BCUT2D eigenvalue weighted by molar-refractivity contribution is 1.53. The summed E-state index contributed by atoms with van der Waals surface area (Å²) < 4.78 is 0. The second kappa shape index (κ2) is 2.26. The van der Waals surface area contributed by atoms with Gasteiger partial charge < -0.3 is 0 Å². The van der Waals surface area contributed by atoms with Crippen molar-refractivity contribution in [3.05, 3.63) is 35.9 Å². The third kappa shape index (κ3) is 0.936. The summed E-state index contributed by atoms with van der Waals surface area (Å²) in [6, 6.07) is 10.1. The van der Waals surface area contributed by atoms with E-state index >= 15 is 0 Å². The first-order valence-corrected chi connectivity index (χ1v) is 2.33. The van der Waals surface area contributed by atoms with Gasteiger partial charge >= 0.3 is 0 Å². The summed E-state index contributed by atoms with van der Waals surface area (Å²) in [5.74, 6) is 0. The van der Waals surface area contributed by atoms with Crippen molar-refractivity contribution < 1.29 is 0 Å². The highest BCUT2D eigenvalue weighted by Gasteiger charge is 1.79. The zero-order valence-electron chi connectivity index (χ0n) is 4.31. The number of benzene rings is 1. The zero-order valence-corrected chi connectivity index (χ0v) is 4.31. The summed E-state index contributed by atoms with van der Waals surface area (Å²) >= 11 is 0. The summed E-state index contributed by atoms with van der Waals surface area (Å²) in [4.78, 5) is 0. The van der Waals surface area contributed by atoms with E-state index in [0.29, 0.717) is 5.56 Å². The first kappa shape index (κ1) is 5.04. The molecule has 0 aliphatic carbocycles. The second-order valence-corrected chi connectivity index (χ2v) is 1.40. The smallest absolute Gasteiger partial charge is 0.0874 e. The second-order valence-electron chi connectivity index (χ2n) is 1.40. The third-order valence-corrected chi connectivity index (χ3v) is 0.844. The van der Waals surface area contributed by atoms with Gasteiger partial charge in [0, 0.05) is 5.56 Å². The lowest BCUT2D eigenvalue weighted by atomic mass is 10.2. The van der Waals surface area contributed by atoms with Crippen LogP contribution in [0.25, 0.3) is 0 Å². The van der Waals surface area contributed by atoms with Gasteiger partial charge in [0.05, 0.1) is 6.21 Å². The molecule has 0 saturated carbocycles. The minimum absolute atomic E-state index is 0.701. The zero-order chi connectivity index (χ0) is 5.82. The summed E-state index contributed by atoms with van der Waals surface area (Å²) in [6.07, 6.45) is 2.22. The van der Waals surface area contributed by atoms with Gasteiger partial charge in [-0.25, -0.2) is 0 Å². The molecule has 38 valence electrons. The molecule has 0 aliphatic rings. The van der Waals surface area contributed by atoms with Crippen LogP contribution < -0.4 is 0 Å². The maximum Gasteiger partial charge on any atom is 0.0874 e. The quantitative estimate of drug-likeness (QED) is 0.519. The molecule has 0 heterocycles. The first-order chi connectivity index (χ1) is 3.93. The van der Waals surface area contributed by atoms with Gasteiger partial charge in [0.15, 0.2) is 0 Å². The number of nitrogens with one attached hydrogen (secondary N) is 1. The van der Waals surface area contributed by atoms with Crippen LogP contribution >= 0.6 is 0 Å². The molecule has 2 radical (unpaired) electrons. The van der Waals surface area contributed by atoms with Crippen LogP contribution in [0.1, 0.15) is 5.56 Å². The molecule has 1 N–H and O–H groups in total. The Hall–Kier alpha value is -1.11. The standard InChI is InChI=1S/C7H5N/c8-6-7-4-2-1-3-5-7/h1-4,8H. The summed E-state index contributed by atoms with van der Waals surface area (Å²) in [5, 5.41) is 6.66. The van der Waals surface area contributed by atoms with E-state index < -0.39 is 0 Å². The van der Waals surface area contributed by atoms with Crippen LogP contribution in [0.15, 0.2) is 24.3 Å². The Labute approximate surface area is 48.5 Å². The van der Waals surface area contributed by atoms with E-state index in [9.17, 15) is 0 Å². The van der Waals surface area contributed by atoms with Crippen molar-refractivity contribution in [1.82, 2.24) is 0 Å². The molecule has 0 atom stereocenters. The maximum atomic E-state index is 6.66. The van der Waals surface area contributed by atoms with Crippen LogP contribution in [0.3, 0.4) is 0 Å². The topological polar surface area (TPSA) is 23.9 Å². The number of hydrogen-bond donors (Lipinski definition) is 1. The third-order valence-electron chi connectivity index (χ3n) is 0.844. The Bertz CT molecular complexity index is 167. The fraction of sp³-hybridized carbons (Fsp3) is 0. The lowest BCUT2D eigenvalue weighted by Gasteiger charge is -1.82. The largest absolute Gasteiger partial charge is 0.298 e. The molecule has 0 fully saturated rings. The molecule has 0 spiro atoms. The van der Waals surface area contributed by atoms with Gasteiger partial charge in [-0.2, -0.15) is 0 Å². The SMILES string of the molecule is N=[C]c1[c]cccc1. The van der Waals surface area contributed by atoms with Gasteiger partial charge in [-0.15, -0.1) is 0 Å². The van der Waals surface area contributed by atoms with Crippen LogP contribution in [0.2, 0.25) is 0 Å². The highest BCUT2D eigenvalue weighted by molar-refractivity contribution is 5.76. The average molecular weight is 103 g/mol. The fourth-order valence-corrected chi connectivity index (χ4v) is 0.471. The van der Waals surface area contributed by atoms with Gasteiger partial charge in [0.1, 0.15) is 0 Å². The molecule has 1 heteroatoms. The van der Waals surface area contributed by atoms with Crippen molar-refractivity contribution >= 4 is 6.21 Å². The molecule has 0 aliphatic heterocycles. The Morgan fingerprint density at radius 1 is 1.50 bits per heavy atom. The molecular weight excluding hydrogens is 98.1 g/mol. The van der Waals surface area contributed by atoms with Crippen molar-refractivity contribution in [3.63, 3.8) is 0 Å². The average Bonchev–Trinajstić information content (AvgIpc) is 1.90. The number of hydrogen-bond acceptors (Lipinski definition) is 1. The molecule has 1 aromatic rings. The molecule has 1 rings (SSSR count). The Kier molecular flexibility index (Phi) is 1.42. The van der Waals surface area contributed by atoms with Gasteiger partial charge in [0.2, 0.25) is 0 Å². The Morgan fingerprint density at radius 3 is 2.75 bits per heavy atom. The normalized spacial score (nSPS) is 8.50. The Balaban J connectivity index is 2.99. The predicted octanol–water partition coefficient (Wildman–Crippen LogP) is 1.36. The monoisotopic (exact) mass is 103 g/mol. The van der Waals surface area contributed by atoms with E-state index in [1.165, 1.54) is 0 Å².